The third-order valence-corrected chi connectivity index (χ3v) is 8.14. The van der Waals surface area contributed by atoms with Crippen LogP contribution in [0.25, 0.3) is 83.6 Å². The number of hydrogen-bond acceptors (Lipinski definition) is 5. The van der Waals surface area contributed by atoms with Crippen LogP contribution in [0.4, 0.5) is 0 Å². The first-order valence-electron chi connectivity index (χ1n) is 14.5. The molecule has 6 nitrogen and oxygen atoms in total. The highest BCUT2D eigenvalue weighted by atomic mass is 16.3. The zero-order valence-electron chi connectivity index (χ0n) is 23.4. The standard InChI is InChI=1S/C38H23N5O/c1-2-9-24(10-3-1)36-40-37(42-38(41-36)26-17-18-30-31-19-20-39-23-35(31)44-34(30)22-26)25-11-8-12-27(21-25)43-32-15-6-4-13-28(32)29-14-5-7-16-33(29)43/h1-23H. The van der Waals surface area contributed by atoms with Crippen LogP contribution >= 0.6 is 0 Å². The molecule has 0 fully saturated rings. The molecular weight excluding hydrogens is 542 g/mol. The van der Waals surface area contributed by atoms with Crippen molar-refractivity contribution in [3.05, 3.63) is 140 Å². The lowest BCUT2D eigenvalue weighted by molar-refractivity contribution is 0.667. The Bertz CT molecular complexity index is 2460. The van der Waals surface area contributed by atoms with E-state index in [0.717, 1.165) is 55.3 Å². The summed E-state index contributed by atoms with van der Waals surface area (Å²) in [6.07, 6.45) is 3.52. The fraction of sp³-hybridized carbons (Fsp3) is 0. The summed E-state index contributed by atoms with van der Waals surface area (Å²) in [4.78, 5) is 19.1. The molecule has 44 heavy (non-hydrogen) atoms. The van der Waals surface area contributed by atoms with Crippen LogP contribution in [0.2, 0.25) is 0 Å². The molecule has 0 saturated heterocycles. The van der Waals surface area contributed by atoms with Crippen molar-refractivity contribution >= 4 is 43.7 Å². The first-order valence-corrected chi connectivity index (χ1v) is 14.5. The molecule has 0 unspecified atom stereocenters. The molecule has 4 heterocycles. The number of pyridine rings is 1. The fourth-order valence-electron chi connectivity index (χ4n) is 6.11. The Balaban J connectivity index is 1.24. The molecular formula is C38H23N5O. The van der Waals surface area contributed by atoms with Gasteiger partial charge in [-0.25, -0.2) is 15.0 Å². The molecule has 0 radical (unpaired) electrons. The Morgan fingerprint density at radius 3 is 1.82 bits per heavy atom. The van der Waals surface area contributed by atoms with Crippen LogP contribution in [0.5, 0.6) is 0 Å². The largest absolute Gasteiger partial charge is 0.454 e. The SMILES string of the molecule is c1ccc(-c2nc(-c3cccc(-n4c5ccccc5c5ccccc54)c3)nc(-c3ccc4c(c3)oc3cnccc34)n2)cc1. The molecule has 0 atom stereocenters. The van der Waals surface area contributed by atoms with Crippen LogP contribution in [-0.2, 0) is 0 Å². The highest BCUT2D eigenvalue weighted by Gasteiger charge is 2.16. The molecule has 0 bridgehead atoms. The van der Waals surface area contributed by atoms with Gasteiger partial charge in [0.1, 0.15) is 5.58 Å². The van der Waals surface area contributed by atoms with E-state index in [1.54, 1.807) is 12.4 Å². The maximum Gasteiger partial charge on any atom is 0.164 e. The van der Waals surface area contributed by atoms with Crippen LogP contribution in [0, 0.1) is 0 Å². The van der Waals surface area contributed by atoms with Gasteiger partial charge in [-0.3, -0.25) is 4.98 Å². The van der Waals surface area contributed by atoms with Crippen LogP contribution in [0.3, 0.4) is 0 Å². The second-order valence-corrected chi connectivity index (χ2v) is 10.8. The Kier molecular flexibility index (Phi) is 5.40. The molecule has 0 aliphatic heterocycles. The van der Waals surface area contributed by atoms with Crippen molar-refractivity contribution in [2.24, 2.45) is 0 Å². The van der Waals surface area contributed by atoms with E-state index in [1.807, 2.05) is 48.5 Å². The van der Waals surface area contributed by atoms with Gasteiger partial charge in [-0.15, -0.1) is 0 Å². The van der Waals surface area contributed by atoms with Crippen LogP contribution in [0.1, 0.15) is 0 Å². The van der Waals surface area contributed by atoms with E-state index >= 15 is 0 Å². The normalized spacial score (nSPS) is 11.6. The third kappa shape index (κ3) is 3.89. The van der Waals surface area contributed by atoms with Gasteiger partial charge in [0.15, 0.2) is 23.1 Å². The summed E-state index contributed by atoms with van der Waals surface area (Å²) in [5.41, 5.74) is 7.55. The molecule has 0 saturated carbocycles. The molecule has 0 aliphatic carbocycles. The number of hydrogen-bond donors (Lipinski definition) is 0. The Morgan fingerprint density at radius 1 is 0.455 bits per heavy atom. The highest BCUT2D eigenvalue weighted by Crippen LogP contribution is 2.34. The summed E-state index contributed by atoms with van der Waals surface area (Å²) in [6, 6.07) is 43.5. The van der Waals surface area contributed by atoms with Gasteiger partial charge in [-0.2, -0.15) is 0 Å². The Morgan fingerprint density at radius 2 is 1.07 bits per heavy atom. The van der Waals surface area contributed by atoms with Crippen LogP contribution in [-0.4, -0.2) is 24.5 Å². The third-order valence-electron chi connectivity index (χ3n) is 8.14. The average Bonchev–Trinajstić information content (AvgIpc) is 3.64. The molecule has 5 aromatic carbocycles. The minimum Gasteiger partial charge on any atom is -0.454 e. The van der Waals surface area contributed by atoms with E-state index in [9.17, 15) is 0 Å². The summed E-state index contributed by atoms with van der Waals surface area (Å²) in [5, 5.41) is 4.51. The topological polar surface area (TPSA) is 69.6 Å². The first-order chi connectivity index (χ1) is 21.8. The van der Waals surface area contributed by atoms with Crippen molar-refractivity contribution in [2.75, 3.05) is 0 Å². The van der Waals surface area contributed by atoms with E-state index in [4.69, 9.17) is 19.4 Å². The second-order valence-electron chi connectivity index (χ2n) is 10.8. The number of benzene rings is 5. The Hall–Kier alpha value is -6.14. The summed E-state index contributed by atoms with van der Waals surface area (Å²) >= 11 is 0. The van der Waals surface area contributed by atoms with E-state index in [1.165, 1.54) is 10.8 Å². The maximum absolute atomic E-state index is 6.14. The number of aromatic nitrogens is 5. The van der Waals surface area contributed by atoms with Crippen molar-refractivity contribution in [1.82, 2.24) is 24.5 Å². The van der Waals surface area contributed by atoms with Gasteiger partial charge >= 0.3 is 0 Å². The van der Waals surface area contributed by atoms with Crippen molar-refractivity contribution < 1.29 is 4.42 Å². The van der Waals surface area contributed by atoms with Crippen molar-refractivity contribution in [1.29, 1.82) is 0 Å². The smallest absolute Gasteiger partial charge is 0.164 e. The van der Waals surface area contributed by atoms with Gasteiger partial charge in [0.2, 0.25) is 0 Å². The molecule has 0 spiro atoms. The zero-order chi connectivity index (χ0) is 29.0. The van der Waals surface area contributed by atoms with Gasteiger partial charge in [-0.1, -0.05) is 84.9 Å². The molecule has 206 valence electrons. The van der Waals surface area contributed by atoms with E-state index in [2.05, 4.69) is 88.4 Å². The lowest BCUT2D eigenvalue weighted by atomic mass is 10.1. The van der Waals surface area contributed by atoms with Gasteiger partial charge < -0.3 is 8.98 Å². The lowest BCUT2D eigenvalue weighted by Crippen LogP contribution is -2.01. The predicted molar refractivity (Wildman–Crippen MR) is 176 cm³/mol. The summed E-state index contributed by atoms with van der Waals surface area (Å²) in [6.45, 7) is 0. The number of para-hydroxylation sites is 2. The molecule has 6 heteroatoms. The predicted octanol–water partition coefficient (Wildman–Crippen LogP) is 9.26. The molecule has 9 rings (SSSR count). The molecule has 0 amide bonds. The lowest BCUT2D eigenvalue weighted by Gasteiger charge is -2.11. The average molecular weight is 566 g/mol. The Labute approximate surface area is 251 Å². The quantitative estimate of drug-likeness (QED) is 0.213. The fourth-order valence-corrected chi connectivity index (χ4v) is 6.11. The summed E-state index contributed by atoms with van der Waals surface area (Å²) in [5.74, 6) is 1.80. The minimum atomic E-state index is 0.580. The van der Waals surface area contributed by atoms with Crippen LogP contribution < -0.4 is 0 Å². The number of furan rings is 1. The van der Waals surface area contributed by atoms with Gasteiger partial charge in [-0.05, 0) is 42.5 Å². The van der Waals surface area contributed by atoms with Crippen LogP contribution in [0.15, 0.2) is 144 Å². The second kappa shape index (κ2) is 9.71. The highest BCUT2D eigenvalue weighted by molar-refractivity contribution is 6.09. The summed E-state index contributed by atoms with van der Waals surface area (Å²) in [7, 11) is 0. The summed E-state index contributed by atoms with van der Waals surface area (Å²) < 4.78 is 8.44. The molecule has 4 aromatic heterocycles. The minimum absolute atomic E-state index is 0.580. The monoisotopic (exact) mass is 565 g/mol. The van der Waals surface area contributed by atoms with Gasteiger partial charge in [0.25, 0.3) is 0 Å². The van der Waals surface area contributed by atoms with Crippen molar-refractivity contribution in [2.45, 2.75) is 0 Å². The van der Waals surface area contributed by atoms with E-state index in [0.29, 0.717) is 17.5 Å². The van der Waals surface area contributed by atoms with E-state index in [-0.39, 0.29) is 0 Å². The number of fused-ring (bicyclic) bond motifs is 6. The zero-order valence-corrected chi connectivity index (χ0v) is 23.4. The van der Waals surface area contributed by atoms with Gasteiger partial charge in [0.05, 0.1) is 17.2 Å². The van der Waals surface area contributed by atoms with Gasteiger partial charge in [0, 0.05) is 50.1 Å². The maximum atomic E-state index is 6.14. The first kappa shape index (κ1) is 24.5. The number of nitrogens with zero attached hydrogens (tertiary/aromatic N) is 5. The molecule has 0 aliphatic rings. The van der Waals surface area contributed by atoms with Crippen molar-refractivity contribution in [3.63, 3.8) is 0 Å². The number of rotatable bonds is 4. The molecule has 0 N–H and O–H groups in total. The molecule has 9 aromatic rings. The van der Waals surface area contributed by atoms with E-state index < -0.39 is 0 Å². The van der Waals surface area contributed by atoms with Crippen molar-refractivity contribution in [3.8, 4) is 39.9 Å².